The monoisotopic (exact) mass is 295 g/mol. The highest BCUT2D eigenvalue weighted by Gasteiger charge is 2.13. The molecule has 0 saturated carbocycles. The fourth-order valence-corrected chi connectivity index (χ4v) is 3.69. The number of hydrogen-bond acceptors (Lipinski definition) is 2. The van der Waals surface area contributed by atoms with E-state index in [4.69, 9.17) is 0 Å². The summed E-state index contributed by atoms with van der Waals surface area (Å²) in [6.45, 7) is 8.56. The number of rotatable bonds is 1. The summed E-state index contributed by atoms with van der Waals surface area (Å²) >= 11 is 5.14. The van der Waals surface area contributed by atoms with Gasteiger partial charge in [0.15, 0.2) is 3.92 Å². The number of aromatic nitrogens is 1. The molecular formula is C13H14BrNS. The van der Waals surface area contributed by atoms with Gasteiger partial charge in [-0.05, 0) is 54.8 Å². The molecule has 3 heteroatoms. The predicted octanol–water partition coefficient (Wildman–Crippen LogP) is 4.81. The summed E-state index contributed by atoms with van der Waals surface area (Å²) < 4.78 is 0.958. The van der Waals surface area contributed by atoms with Crippen LogP contribution in [0.1, 0.15) is 21.6 Å². The van der Waals surface area contributed by atoms with E-state index in [-0.39, 0.29) is 0 Å². The Bertz CT molecular complexity index is 520. The zero-order chi connectivity index (χ0) is 11.9. The number of nitrogens with zero attached hydrogens (tertiary/aromatic N) is 1. The van der Waals surface area contributed by atoms with E-state index in [9.17, 15) is 0 Å². The molecule has 0 aliphatic rings. The summed E-state index contributed by atoms with van der Waals surface area (Å²) in [6.07, 6.45) is 0. The van der Waals surface area contributed by atoms with Gasteiger partial charge in [0.25, 0.3) is 0 Å². The van der Waals surface area contributed by atoms with E-state index < -0.39 is 0 Å². The van der Waals surface area contributed by atoms with Crippen LogP contribution in [0.3, 0.4) is 0 Å². The molecule has 0 bridgehead atoms. The maximum atomic E-state index is 4.57. The minimum Gasteiger partial charge on any atom is -0.229 e. The van der Waals surface area contributed by atoms with Gasteiger partial charge >= 0.3 is 0 Å². The summed E-state index contributed by atoms with van der Waals surface area (Å²) in [5.74, 6) is 0. The molecule has 1 aromatic carbocycles. The first-order chi connectivity index (χ1) is 7.49. The van der Waals surface area contributed by atoms with E-state index >= 15 is 0 Å². The third-order valence-electron chi connectivity index (χ3n) is 2.68. The summed E-state index contributed by atoms with van der Waals surface area (Å²) in [7, 11) is 0. The lowest BCUT2D eigenvalue weighted by Crippen LogP contribution is -1.91. The Morgan fingerprint density at radius 3 is 2.06 bits per heavy atom. The van der Waals surface area contributed by atoms with Crippen LogP contribution in [-0.4, -0.2) is 4.98 Å². The van der Waals surface area contributed by atoms with Gasteiger partial charge in [0.1, 0.15) is 0 Å². The lowest BCUT2D eigenvalue weighted by Gasteiger charge is -2.09. The quantitative estimate of drug-likeness (QED) is 0.736. The van der Waals surface area contributed by atoms with E-state index in [0.29, 0.717) is 0 Å². The smallest absolute Gasteiger partial charge is 0.160 e. The van der Waals surface area contributed by atoms with E-state index in [0.717, 1.165) is 9.61 Å². The molecule has 2 rings (SSSR count). The Morgan fingerprint density at radius 1 is 1.06 bits per heavy atom. The highest BCUT2D eigenvalue weighted by atomic mass is 79.9. The molecule has 0 N–H and O–H groups in total. The first kappa shape index (κ1) is 11.8. The molecule has 0 aliphatic heterocycles. The van der Waals surface area contributed by atoms with Crippen molar-refractivity contribution in [3.63, 3.8) is 0 Å². The topological polar surface area (TPSA) is 12.9 Å². The van der Waals surface area contributed by atoms with Crippen LogP contribution in [0.15, 0.2) is 16.0 Å². The largest absolute Gasteiger partial charge is 0.229 e. The van der Waals surface area contributed by atoms with Gasteiger partial charge in [-0.1, -0.05) is 17.7 Å². The van der Waals surface area contributed by atoms with Crippen molar-refractivity contribution in [3.05, 3.63) is 37.6 Å². The van der Waals surface area contributed by atoms with E-state index in [1.807, 2.05) is 0 Å². The average Bonchev–Trinajstić information content (AvgIpc) is 2.43. The second kappa shape index (κ2) is 4.30. The average molecular weight is 296 g/mol. The molecule has 16 heavy (non-hydrogen) atoms. The van der Waals surface area contributed by atoms with Gasteiger partial charge in [0, 0.05) is 10.4 Å². The van der Waals surface area contributed by atoms with E-state index in [1.165, 1.54) is 27.1 Å². The summed E-state index contributed by atoms with van der Waals surface area (Å²) in [6, 6.07) is 4.43. The SMILES string of the molecule is Cc1cc(C)c(-c2nc(Br)sc2C)c(C)c1. The van der Waals surface area contributed by atoms with Crippen molar-refractivity contribution in [1.29, 1.82) is 0 Å². The first-order valence-electron chi connectivity index (χ1n) is 5.20. The van der Waals surface area contributed by atoms with Crippen LogP contribution in [0, 0.1) is 27.7 Å². The van der Waals surface area contributed by atoms with Crippen molar-refractivity contribution >= 4 is 27.3 Å². The zero-order valence-electron chi connectivity index (χ0n) is 9.89. The Balaban J connectivity index is 2.69. The molecule has 1 nitrogen and oxygen atoms in total. The van der Waals surface area contributed by atoms with Crippen molar-refractivity contribution in [2.24, 2.45) is 0 Å². The zero-order valence-corrected chi connectivity index (χ0v) is 12.3. The molecule has 0 unspecified atom stereocenters. The molecule has 84 valence electrons. The highest BCUT2D eigenvalue weighted by molar-refractivity contribution is 9.11. The fraction of sp³-hybridized carbons (Fsp3) is 0.308. The van der Waals surface area contributed by atoms with Gasteiger partial charge in [-0.2, -0.15) is 0 Å². The highest BCUT2D eigenvalue weighted by Crippen LogP contribution is 2.34. The maximum Gasteiger partial charge on any atom is 0.160 e. The van der Waals surface area contributed by atoms with E-state index in [2.05, 4.69) is 60.7 Å². The molecule has 2 aromatic rings. The Kier molecular flexibility index (Phi) is 3.17. The lowest BCUT2D eigenvalue weighted by atomic mass is 9.97. The molecule has 1 aromatic heterocycles. The normalized spacial score (nSPS) is 10.8. The second-order valence-corrected chi connectivity index (χ2v) is 6.62. The lowest BCUT2D eigenvalue weighted by molar-refractivity contribution is 1.27. The molecule has 1 heterocycles. The Labute approximate surface area is 109 Å². The summed E-state index contributed by atoms with van der Waals surface area (Å²) in [5.41, 5.74) is 6.32. The van der Waals surface area contributed by atoms with Gasteiger partial charge in [-0.3, -0.25) is 0 Å². The van der Waals surface area contributed by atoms with Crippen LogP contribution < -0.4 is 0 Å². The van der Waals surface area contributed by atoms with E-state index in [1.54, 1.807) is 11.3 Å². The summed E-state index contributed by atoms with van der Waals surface area (Å²) in [4.78, 5) is 5.83. The van der Waals surface area contributed by atoms with Crippen molar-refractivity contribution in [3.8, 4) is 11.3 Å². The van der Waals surface area contributed by atoms with Crippen molar-refractivity contribution in [2.75, 3.05) is 0 Å². The third-order valence-corrected chi connectivity index (χ3v) is 4.11. The van der Waals surface area contributed by atoms with Gasteiger partial charge in [-0.15, -0.1) is 11.3 Å². The Morgan fingerprint density at radius 2 is 1.62 bits per heavy atom. The molecule has 0 atom stereocenters. The van der Waals surface area contributed by atoms with Crippen LogP contribution >= 0.6 is 27.3 Å². The number of thiazole rings is 1. The van der Waals surface area contributed by atoms with Crippen LogP contribution in [0.2, 0.25) is 0 Å². The minimum atomic E-state index is 0.958. The number of benzene rings is 1. The molecule has 0 radical (unpaired) electrons. The van der Waals surface area contributed by atoms with Crippen LogP contribution in [0.5, 0.6) is 0 Å². The molecule has 0 amide bonds. The van der Waals surface area contributed by atoms with Crippen LogP contribution in [0.4, 0.5) is 0 Å². The van der Waals surface area contributed by atoms with Crippen molar-refractivity contribution in [1.82, 2.24) is 4.98 Å². The molecule has 0 spiro atoms. The van der Waals surface area contributed by atoms with Gasteiger partial charge in [-0.25, -0.2) is 4.98 Å². The Hall–Kier alpha value is -0.670. The number of hydrogen-bond donors (Lipinski definition) is 0. The summed E-state index contributed by atoms with van der Waals surface area (Å²) in [5, 5.41) is 0. The minimum absolute atomic E-state index is 0.958. The molecule has 0 saturated heterocycles. The fourth-order valence-electron chi connectivity index (χ4n) is 2.15. The maximum absolute atomic E-state index is 4.57. The molecule has 0 fully saturated rings. The van der Waals surface area contributed by atoms with Gasteiger partial charge in [0.05, 0.1) is 5.69 Å². The van der Waals surface area contributed by atoms with Gasteiger partial charge in [0.2, 0.25) is 0 Å². The van der Waals surface area contributed by atoms with Crippen LogP contribution in [0.25, 0.3) is 11.3 Å². The van der Waals surface area contributed by atoms with Crippen molar-refractivity contribution in [2.45, 2.75) is 27.7 Å². The van der Waals surface area contributed by atoms with Crippen LogP contribution in [-0.2, 0) is 0 Å². The first-order valence-corrected chi connectivity index (χ1v) is 6.81. The molecular weight excluding hydrogens is 282 g/mol. The third kappa shape index (κ3) is 2.06. The van der Waals surface area contributed by atoms with Gasteiger partial charge < -0.3 is 0 Å². The molecule has 0 aliphatic carbocycles. The number of aryl methyl sites for hydroxylation is 4. The predicted molar refractivity (Wildman–Crippen MR) is 74.2 cm³/mol. The second-order valence-electron chi connectivity index (χ2n) is 4.15. The number of halogens is 1. The van der Waals surface area contributed by atoms with Crippen molar-refractivity contribution < 1.29 is 0 Å². The standard InChI is InChI=1S/C13H14BrNS/c1-7-5-8(2)11(9(3)6-7)12-10(4)16-13(14)15-12/h5-6H,1-4H3.